The molecule has 2 atom stereocenters. The van der Waals surface area contributed by atoms with Gasteiger partial charge in [-0.15, -0.1) is 0 Å². The summed E-state index contributed by atoms with van der Waals surface area (Å²) >= 11 is 0. The predicted octanol–water partition coefficient (Wildman–Crippen LogP) is 4.63. The Morgan fingerprint density at radius 1 is 0.920 bits per heavy atom. The first-order valence-electron chi connectivity index (χ1n) is 9.58. The fourth-order valence-corrected chi connectivity index (χ4v) is 2.58. The minimum absolute atomic E-state index is 0.135. The molecule has 0 amide bonds. The van der Waals surface area contributed by atoms with E-state index >= 15 is 0 Å². The van der Waals surface area contributed by atoms with Crippen molar-refractivity contribution in [1.29, 1.82) is 0 Å². The molecule has 0 aromatic carbocycles. The molecule has 0 fully saturated rings. The lowest BCUT2D eigenvalue weighted by Gasteiger charge is -2.14. The Morgan fingerprint density at radius 3 is 2.12 bits per heavy atom. The van der Waals surface area contributed by atoms with Gasteiger partial charge in [0, 0.05) is 0 Å². The molecule has 3 N–H and O–H groups in total. The Balaban J connectivity index is 3.60. The summed E-state index contributed by atoms with van der Waals surface area (Å²) in [4.78, 5) is 11.1. The third-order valence-corrected chi connectivity index (χ3v) is 4.07. The molecule has 0 aliphatic carbocycles. The third kappa shape index (κ3) is 15.9. The molecule has 0 bridgehead atoms. The van der Waals surface area contributed by atoms with Crippen molar-refractivity contribution in [2.75, 3.05) is 6.61 Å². The van der Waals surface area contributed by atoms with Gasteiger partial charge in [-0.25, -0.2) is 0 Å². The summed E-state index contributed by atoms with van der Waals surface area (Å²) in [6, 6.07) is 0. The highest BCUT2D eigenvalue weighted by Gasteiger charge is 2.20. The Bertz CT molecular complexity index is 399. The van der Waals surface area contributed by atoms with E-state index in [-0.39, 0.29) is 13.0 Å². The van der Waals surface area contributed by atoms with Crippen LogP contribution in [0.1, 0.15) is 71.1 Å². The van der Waals surface area contributed by atoms with E-state index in [9.17, 15) is 9.90 Å². The lowest BCUT2D eigenvalue weighted by atomic mass is 9.95. The average molecular weight is 353 g/mol. The largest absolute Gasteiger partial charge is 0.481 e. The Labute approximate surface area is 153 Å². The average Bonchev–Trinajstić information content (AvgIpc) is 2.60. The van der Waals surface area contributed by atoms with Crippen LogP contribution in [-0.4, -0.2) is 34.0 Å². The first-order chi connectivity index (χ1) is 12.1. The van der Waals surface area contributed by atoms with Crippen molar-refractivity contribution in [2.45, 2.75) is 77.2 Å². The second-order valence-electron chi connectivity index (χ2n) is 6.39. The van der Waals surface area contributed by atoms with Gasteiger partial charge in [0.05, 0.1) is 18.6 Å². The lowest BCUT2D eigenvalue weighted by Crippen LogP contribution is -2.23. The molecule has 2 unspecified atom stereocenters. The number of unbranched alkanes of at least 4 members (excludes halogenated alkanes) is 4. The predicted molar refractivity (Wildman–Crippen MR) is 103 cm³/mol. The standard InChI is InChI=1S/C21H36O4/c1-2-3-4-5-6-7-8-9-10-11-12-13-14-15-16-19(21(24)25)17-20(23)18-22/h3-4,6-7,9-10,19-20,22-23H,2,5,8,11-18H2,1H3,(H,24,25)/b4-3-,7-6-,10-9-. The number of aliphatic hydroxyl groups excluding tert-OH is 2. The molecule has 0 aliphatic heterocycles. The van der Waals surface area contributed by atoms with Gasteiger partial charge < -0.3 is 15.3 Å². The maximum atomic E-state index is 11.1. The fourth-order valence-electron chi connectivity index (χ4n) is 2.58. The van der Waals surface area contributed by atoms with Crippen LogP contribution < -0.4 is 0 Å². The Morgan fingerprint density at radius 2 is 1.52 bits per heavy atom. The van der Waals surface area contributed by atoms with E-state index in [4.69, 9.17) is 10.2 Å². The number of carbonyl (C=O) groups is 1. The molecule has 0 heterocycles. The molecular formula is C21H36O4. The molecule has 0 saturated carbocycles. The molecular weight excluding hydrogens is 316 g/mol. The van der Waals surface area contributed by atoms with Gasteiger partial charge in [0.25, 0.3) is 0 Å². The molecule has 0 radical (unpaired) electrons. The molecule has 0 rings (SSSR count). The zero-order valence-electron chi connectivity index (χ0n) is 15.6. The van der Waals surface area contributed by atoms with Crippen LogP contribution >= 0.6 is 0 Å². The summed E-state index contributed by atoms with van der Waals surface area (Å²) in [5.74, 6) is -1.44. The van der Waals surface area contributed by atoms with Gasteiger partial charge in [-0.2, -0.15) is 0 Å². The number of allylic oxidation sites excluding steroid dienone is 6. The molecule has 4 nitrogen and oxygen atoms in total. The van der Waals surface area contributed by atoms with E-state index in [1.807, 2.05) is 0 Å². The van der Waals surface area contributed by atoms with Crippen molar-refractivity contribution in [3.05, 3.63) is 36.5 Å². The van der Waals surface area contributed by atoms with Crippen molar-refractivity contribution >= 4 is 5.97 Å². The second-order valence-corrected chi connectivity index (χ2v) is 6.39. The third-order valence-electron chi connectivity index (χ3n) is 4.07. The van der Waals surface area contributed by atoms with Crippen LogP contribution in [-0.2, 0) is 4.79 Å². The van der Waals surface area contributed by atoms with Gasteiger partial charge >= 0.3 is 5.97 Å². The summed E-state index contributed by atoms with van der Waals surface area (Å²) in [7, 11) is 0. The lowest BCUT2D eigenvalue weighted by molar-refractivity contribution is -0.143. The molecule has 0 saturated heterocycles. The zero-order valence-corrected chi connectivity index (χ0v) is 15.6. The Hall–Kier alpha value is -1.39. The van der Waals surface area contributed by atoms with E-state index in [2.05, 4.69) is 43.4 Å². The van der Waals surface area contributed by atoms with Gasteiger partial charge in [-0.05, 0) is 44.9 Å². The van der Waals surface area contributed by atoms with Gasteiger partial charge in [0.2, 0.25) is 0 Å². The number of aliphatic hydroxyl groups is 2. The summed E-state index contributed by atoms with van der Waals surface area (Å²) in [5.41, 5.74) is 0. The van der Waals surface area contributed by atoms with E-state index in [1.54, 1.807) is 0 Å². The van der Waals surface area contributed by atoms with Crippen LogP contribution in [0.3, 0.4) is 0 Å². The highest BCUT2D eigenvalue weighted by atomic mass is 16.4. The van der Waals surface area contributed by atoms with Crippen LogP contribution in [0.25, 0.3) is 0 Å². The van der Waals surface area contributed by atoms with Crippen LogP contribution in [0, 0.1) is 5.92 Å². The number of carboxylic acids is 1. The number of hydrogen-bond donors (Lipinski definition) is 3. The molecule has 25 heavy (non-hydrogen) atoms. The normalized spacial score (nSPS) is 14.7. The quantitative estimate of drug-likeness (QED) is 0.279. The van der Waals surface area contributed by atoms with Crippen molar-refractivity contribution in [2.24, 2.45) is 5.92 Å². The van der Waals surface area contributed by atoms with Crippen molar-refractivity contribution in [3.63, 3.8) is 0 Å². The summed E-state index contributed by atoms with van der Waals surface area (Å²) in [5, 5.41) is 27.3. The summed E-state index contributed by atoms with van der Waals surface area (Å²) < 4.78 is 0. The van der Waals surface area contributed by atoms with Gasteiger partial charge in [-0.3, -0.25) is 4.79 Å². The topological polar surface area (TPSA) is 77.8 Å². The van der Waals surface area contributed by atoms with Crippen LogP contribution in [0.4, 0.5) is 0 Å². The molecule has 4 heteroatoms. The van der Waals surface area contributed by atoms with E-state index in [0.717, 1.165) is 51.4 Å². The van der Waals surface area contributed by atoms with Crippen LogP contribution in [0.15, 0.2) is 36.5 Å². The van der Waals surface area contributed by atoms with Gasteiger partial charge in [0.15, 0.2) is 0 Å². The number of hydrogen-bond acceptors (Lipinski definition) is 3. The van der Waals surface area contributed by atoms with Crippen LogP contribution in [0.2, 0.25) is 0 Å². The van der Waals surface area contributed by atoms with Crippen LogP contribution in [0.5, 0.6) is 0 Å². The number of aliphatic carboxylic acids is 1. The minimum Gasteiger partial charge on any atom is -0.481 e. The zero-order chi connectivity index (χ0) is 18.8. The first-order valence-corrected chi connectivity index (χ1v) is 9.58. The highest BCUT2D eigenvalue weighted by molar-refractivity contribution is 5.69. The first kappa shape index (κ1) is 23.6. The monoisotopic (exact) mass is 352 g/mol. The number of carboxylic acid groups (broad SMARTS) is 1. The summed E-state index contributed by atoms with van der Waals surface area (Å²) in [6.45, 7) is 1.76. The van der Waals surface area contributed by atoms with Gasteiger partial charge in [-0.1, -0.05) is 62.6 Å². The molecule has 0 aliphatic rings. The van der Waals surface area contributed by atoms with E-state index in [1.165, 1.54) is 0 Å². The maximum Gasteiger partial charge on any atom is 0.306 e. The van der Waals surface area contributed by atoms with Crippen molar-refractivity contribution < 1.29 is 20.1 Å². The molecule has 144 valence electrons. The minimum atomic E-state index is -0.928. The molecule has 0 aromatic heterocycles. The second kappa shape index (κ2) is 17.4. The fraction of sp³-hybridized carbons (Fsp3) is 0.667. The van der Waals surface area contributed by atoms with Crippen molar-refractivity contribution in [1.82, 2.24) is 0 Å². The number of rotatable bonds is 16. The summed E-state index contributed by atoms with van der Waals surface area (Å²) in [6.07, 6.45) is 21.1. The van der Waals surface area contributed by atoms with Crippen molar-refractivity contribution in [3.8, 4) is 0 Å². The maximum absolute atomic E-state index is 11.1. The van der Waals surface area contributed by atoms with E-state index in [0.29, 0.717) is 6.42 Å². The molecule has 0 aromatic rings. The highest BCUT2D eigenvalue weighted by Crippen LogP contribution is 2.17. The Kier molecular flexibility index (Phi) is 16.5. The van der Waals surface area contributed by atoms with E-state index < -0.39 is 18.0 Å². The van der Waals surface area contributed by atoms with Gasteiger partial charge in [0.1, 0.15) is 0 Å². The molecule has 0 spiro atoms. The smallest absolute Gasteiger partial charge is 0.306 e. The SMILES string of the molecule is CC/C=C\C/C=C\C/C=C\CCCCCCC(CC(O)CO)C(=O)O.